The number of nitrogens with one attached hydrogen (secondary N) is 1. The third kappa shape index (κ3) is 2.66. The minimum atomic E-state index is -0.160. The van der Waals surface area contributed by atoms with Gasteiger partial charge in [-0.3, -0.25) is 14.8 Å². The van der Waals surface area contributed by atoms with Gasteiger partial charge in [0, 0.05) is 25.6 Å². The van der Waals surface area contributed by atoms with Gasteiger partial charge in [-0.05, 0) is 6.92 Å². The third-order valence-corrected chi connectivity index (χ3v) is 2.29. The Morgan fingerprint density at radius 3 is 2.82 bits per heavy atom. The Morgan fingerprint density at radius 1 is 1.29 bits per heavy atom. The zero-order valence-corrected chi connectivity index (χ0v) is 9.71. The molecule has 2 heterocycles. The molecule has 1 N–H and O–H groups in total. The second kappa shape index (κ2) is 4.73. The Balaban J connectivity index is 2.10. The molecule has 2 rings (SSSR count). The molecule has 0 spiro atoms. The first-order valence-corrected chi connectivity index (χ1v) is 5.20. The van der Waals surface area contributed by atoms with Crippen LogP contribution in [0.25, 0.3) is 0 Å². The molecule has 0 atom stereocenters. The Bertz CT molecular complexity index is 561. The van der Waals surface area contributed by atoms with Crippen molar-refractivity contribution < 1.29 is 0 Å². The first-order chi connectivity index (χ1) is 8.16. The first-order valence-electron chi connectivity index (χ1n) is 5.20. The standard InChI is InChI=1S/C11H13N5O/c1-8-5-14-9(6-13-8)7-15-10-11(17)16(2)4-3-12-10/h3-6H,7H2,1-2H3,(H,12,15). The summed E-state index contributed by atoms with van der Waals surface area (Å²) in [5, 5.41) is 2.94. The molecule has 0 aromatic carbocycles. The summed E-state index contributed by atoms with van der Waals surface area (Å²) in [6.07, 6.45) is 6.55. The SMILES string of the molecule is Cc1cnc(CNc2nccn(C)c2=O)cn1. The second-order valence-electron chi connectivity index (χ2n) is 3.69. The maximum atomic E-state index is 11.6. The number of rotatable bonds is 3. The average molecular weight is 231 g/mol. The van der Waals surface area contributed by atoms with Crippen LogP contribution in [0.3, 0.4) is 0 Å². The second-order valence-corrected chi connectivity index (χ2v) is 3.69. The Labute approximate surface area is 98.4 Å². The molecule has 2 aromatic heterocycles. The van der Waals surface area contributed by atoms with E-state index in [2.05, 4.69) is 20.3 Å². The number of hydrogen-bond donors (Lipinski definition) is 1. The number of hydrogen-bond acceptors (Lipinski definition) is 5. The predicted molar refractivity (Wildman–Crippen MR) is 63.6 cm³/mol. The van der Waals surface area contributed by atoms with Crippen LogP contribution in [0.4, 0.5) is 5.82 Å². The quantitative estimate of drug-likeness (QED) is 0.832. The topological polar surface area (TPSA) is 72.7 Å². The third-order valence-electron chi connectivity index (χ3n) is 2.29. The van der Waals surface area contributed by atoms with E-state index in [1.165, 1.54) is 4.57 Å². The fourth-order valence-corrected chi connectivity index (χ4v) is 1.30. The van der Waals surface area contributed by atoms with E-state index in [0.29, 0.717) is 12.4 Å². The lowest BCUT2D eigenvalue weighted by Crippen LogP contribution is -2.21. The van der Waals surface area contributed by atoms with Gasteiger partial charge >= 0.3 is 0 Å². The molecule has 0 aliphatic heterocycles. The molecular formula is C11H13N5O. The molecule has 0 amide bonds. The van der Waals surface area contributed by atoms with Crippen LogP contribution in [-0.4, -0.2) is 19.5 Å². The van der Waals surface area contributed by atoms with Crippen LogP contribution in [0.1, 0.15) is 11.4 Å². The number of aryl methyl sites for hydroxylation is 2. The zero-order valence-electron chi connectivity index (χ0n) is 9.71. The zero-order chi connectivity index (χ0) is 12.3. The predicted octanol–water partition coefficient (Wildman–Crippen LogP) is 0.491. The molecule has 0 fully saturated rings. The molecule has 0 bridgehead atoms. The van der Waals surface area contributed by atoms with E-state index in [-0.39, 0.29) is 5.56 Å². The van der Waals surface area contributed by atoms with Crippen molar-refractivity contribution in [3.05, 3.63) is 46.5 Å². The Hall–Kier alpha value is -2.24. The van der Waals surface area contributed by atoms with Gasteiger partial charge in [0.25, 0.3) is 5.56 Å². The highest BCUT2D eigenvalue weighted by Crippen LogP contribution is 1.98. The van der Waals surface area contributed by atoms with Crippen LogP contribution in [0.15, 0.2) is 29.6 Å². The van der Waals surface area contributed by atoms with Crippen molar-refractivity contribution in [2.75, 3.05) is 5.32 Å². The maximum Gasteiger partial charge on any atom is 0.293 e. The largest absolute Gasteiger partial charge is 0.360 e. The van der Waals surface area contributed by atoms with E-state index in [4.69, 9.17) is 0 Å². The highest BCUT2D eigenvalue weighted by molar-refractivity contribution is 5.31. The molecule has 0 saturated heterocycles. The van der Waals surface area contributed by atoms with Gasteiger partial charge in [0.1, 0.15) is 0 Å². The van der Waals surface area contributed by atoms with Crippen molar-refractivity contribution in [1.29, 1.82) is 0 Å². The lowest BCUT2D eigenvalue weighted by Gasteiger charge is -2.05. The van der Waals surface area contributed by atoms with E-state index in [1.54, 1.807) is 31.8 Å². The molecule has 0 aliphatic rings. The van der Waals surface area contributed by atoms with Crippen molar-refractivity contribution in [3.63, 3.8) is 0 Å². The van der Waals surface area contributed by atoms with Gasteiger partial charge in [-0.2, -0.15) is 0 Å². The molecular weight excluding hydrogens is 218 g/mol. The van der Waals surface area contributed by atoms with Crippen LogP contribution in [0, 0.1) is 6.92 Å². The van der Waals surface area contributed by atoms with E-state index >= 15 is 0 Å². The van der Waals surface area contributed by atoms with Crippen molar-refractivity contribution in [3.8, 4) is 0 Å². The first kappa shape index (κ1) is 11.3. The lowest BCUT2D eigenvalue weighted by molar-refractivity contribution is 0.837. The van der Waals surface area contributed by atoms with E-state index < -0.39 is 0 Å². The van der Waals surface area contributed by atoms with Crippen molar-refractivity contribution in [2.45, 2.75) is 13.5 Å². The molecule has 0 aliphatic carbocycles. The molecule has 17 heavy (non-hydrogen) atoms. The van der Waals surface area contributed by atoms with E-state index in [0.717, 1.165) is 11.4 Å². The Morgan fingerprint density at radius 2 is 2.12 bits per heavy atom. The van der Waals surface area contributed by atoms with Gasteiger partial charge in [-0.15, -0.1) is 0 Å². The number of nitrogens with zero attached hydrogens (tertiary/aromatic N) is 4. The molecule has 0 radical (unpaired) electrons. The number of aromatic nitrogens is 4. The van der Waals surface area contributed by atoms with Gasteiger partial charge < -0.3 is 9.88 Å². The van der Waals surface area contributed by atoms with Crippen LogP contribution >= 0.6 is 0 Å². The maximum absolute atomic E-state index is 11.6. The smallest absolute Gasteiger partial charge is 0.293 e. The van der Waals surface area contributed by atoms with E-state index in [1.807, 2.05) is 6.92 Å². The van der Waals surface area contributed by atoms with Crippen LogP contribution in [-0.2, 0) is 13.6 Å². The molecule has 6 heteroatoms. The fourth-order valence-electron chi connectivity index (χ4n) is 1.30. The average Bonchev–Trinajstić information content (AvgIpc) is 2.33. The van der Waals surface area contributed by atoms with Gasteiger partial charge in [0.2, 0.25) is 0 Å². The summed E-state index contributed by atoms with van der Waals surface area (Å²) in [6, 6.07) is 0. The van der Waals surface area contributed by atoms with Gasteiger partial charge in [0.05, 0.1) is 24.1 Å². The number of anilines is 1. The minimum Gasteiger partial charge on any atom is -0.360 e. The van der Waals surface area contributed by atoms with Crippen molar-refractivity contribution in [1.82, 2.24) is 19.5 Å². The summed E-state index contributed by atoms with van der Waals surface area (Å²) in [6.45, 7) is 2.30. The van der Waals surface area contributed by atoms with E-state index in [9.17, 15) is 4.79 Å². The summed E-state index contributed by atoms with van der Waals surface area (Å²) < 4.78 is 1.47. The minimum absolute atomic E-state index is 0.160. The Kier molecular flexibility index (Phi) is 3.13. The van der Waals surface area contributed by atoms with Gasteiger partial charge in [-0.25, -0.2) is 4.98 Å². The summed E-state index contributed by atoms with van der Waals surface area (Å²) in [5.41, 5.74) is 1.47. The summed E-state index contributed by atoms with van der Waals surface area (Å²) >= 11 is 0. The lowest BCUT2D eigenvalue weighted by atomic mass is 10.4. The van der Waals surface area contributed by atoms with Gasteiger partial charge in [0.15, 0.2) is 5.82 Å². The van der Waals surface area contributed by atoms with Crippen molar-refractivity contribution in [2.24, 2.45) is 7.05 Å². The van der Waals surface area contributed by atoms with Crippen LogP contribution in [0.5, 0.6) is 0 Å². The molecule has 2 aromatic rings. The van der Waals surface area contributed by atoms with Crippen LogP contribution in [0.2, 0.25) is 0 Å². The summed E-state index contributed by atoms with van der Waals surface area (Å²) in [5.74, 6) is 0.317. The molecule has 88 valence electrons. The van der Waals surface area contributed by atoms with Crippen LogP contribution < -0.4 is 10.9 Å². The normalized spacial score (nSPS) is 10.2. The highest BCUT2D eigenvalue weighted by atomic mass is 16.1. The monoisotopic (exact) mass is 231 g/mol. The van der Waals surface area contributed by atoms with Gasteiger partial charge in [-0.1, -0.05) is 0 Å². The van der Waals surface area contributed by atoms with Crippen molar-refractivity contribution >= 4 is 5.82 Å². The molecule has 0 saturated carbocycles. The molecule has 6 nitrogen and oxygen atoms in total. The fraction of sp³-hybridized carbons (Fsp3) is 0.273. The molecule has 0 unspecified atom stereocenters. The summed E-state index contributed by atoms with van der Waals surface area (Å²) in [7, 11) is 1.68. The summed E-state index contributed by atoms with van der Waals surface area (Å²) in [4.78, 5) is 23.9. The highest BCUT2D eigenvalue weighted by Gasteiger charge is 2.02.